The molecular formula is C14H20FN3O2. The average Bonchev–Trinajstić information content (AvgIpc) is 2.89. The molecule has 0 radical (unpaired) electrons. The van der Waals surface area contributed by atoms with Crippen LogP contribution in [0.2, 0.25) is 0 Å². The van der Waals surface area contributed by atoms with Crippen molar-refractivity contribution in [1.29, 1.82) is 0 Å². The van der Waals surface area contributed by atoms with E-state index in [9.17, 15) is 4.39 Å². The van der Waals surface area contributed by atoms with Gasteiger partial charge in [0.1, 0.15) is 11.4 Å². The van der Waals surface area contributed by atoms with E-state index < -0.39 is 5.54 Å². The van der Waals surface area contributed by atoms with Crippen LogP contribution in [0.1, 0.15) is 5.56 Å². The molecule has 1 aromatic carbocycles. The summed E-state index contributed by atoms with van der Waals surface area (Å²) in [5, 5.41) is 3.00. The van der Waals surface area contributed by atoms with Gasteiger partial charge in [0.25, 0.3) is 0 Å². The molecule has 3 N–H and O–H groups in total. The van der Waals surface area contributed by atoms with Gasteiger partial charge in [-0.05, 0) is 24.9 Å². The minimum atomic E-state index is -0.827. The fourth-order valence-corrected chi connectivity index (χ4v) is 2.58. The summed E-state index contributed by atoms with van der Waals surface area (Å²) in [6.45, 7) is 4.85. The van der Waals surface area contributed by atoms with E-state index >= 15 is 0 Å². The summed E-state index contributed by atoms with van der Waals surface area (Å²) in [5.41, 5.74) is 5.82. The Kier molecular flexibility index (Phi) is 4.69. The number of ether oxygens (including phenoxy) is 2. The highest BCUT2D eigenvalue weighted by molar-refractivity contribution is 5.49. The highest BCUT2D eigenvalue weighted by atomic mass is 19.1. The second kappa shape index (κ2) is 6.30. The Balaban J connectivity index is 2.41. The molecule has 0 aromatic heterocycles. The predicted octanol–water partition coefficient (Wildman–Crippen LogP) is 1.34. The van der Waals surface area contributed by atoms with E-state index in [-0.39, 0.29) is 18.5 Å². The van der Waals surface area contributed by atoms with Gasteiger partial charge >= 0.3 is 0 Å². The Morgan fingerprint density at radius 2 is 2.45 bits per heavy atom. The van der Waals surface area contributed by atoms with E-state index in [2.05, 4.69) is 17.0 Å². The van der Waals surface area contributed by atoms with Crippen LogP contribution in [0.25, 0.3) is 0 Å². The number of nitrogens with zero attached hydrogens (tertiary/aromatic N) is 1. The number of halogens is 1. The van der Waals surface area contributed by atoms with Crippen molar-refractivity contribution in [2.75, 3.05) is 38.9 Å². The van der Waals surface area contributed by atoms with E-state index in [0.29, 0.717) is 25.4 Å². The molecule has 1 heterocycles. The summed E-state index contributed by atoms with van der Waals surface area (Å²) in [6.07, 6.45) is 0. The summed E-state index contributed by atoms with van der Waals surface area (Å²) in [5.74, 6) is -0.426. The molecule has 1 aliphatic heterocycles. The fourth-order valence-electron chi connectivity index (χ4n) is 2.58. The molecule has 110 valence electrons. The number of anilines is 1. The van der Waals surface area contributed by atoms with Crippen LogP contribution in [0, 0.1) is 11.7 Å². The summed E-state index contributed by atoms with van der Waals surface area (Å²) in [4.78, 5) is 4.20. The Labute approximate surface area is 118 Å². The third-order valence-corrected chi connectivity index (χ3v) is 3.76. The van der Waals surface area contributed by atoms with E-state index in [1.165, 1.54) is 6.07 Å². The lowest BCUT2D eigenvalue weighted by atomic mass is 9.81. The maximum atomic E-state index is 14.2. The van der Waals surface area contributed by atoms with Crippen LogP contribution in [0.15, 0.2) is 23.2 Å². The van der Waals surface area contributed by atoms with Gasteiger partial charge in [-0.25, -0.2) is 4.39 Å². The third kappa shape index (κ3) is 2.54. The summed E-state index contributed by atoms with van der Waals surface area (Å²) < 4.78 is 25.0. The van der Waals surface area contributed by atoms with Crippen molar-refractivity contribution in [3.05, 3.63) is 29.6 Å². The molecule has 1 aromatic rings. The van der Waals surface area contributed by atoms with Crippen LogP contribution in [-0.4, -0.2) is 40.3 Å². The lowest BCUT2D eigenvalue weighted by molar-refractivity contribution is 0.0826. The van der Waals surface area contributed by atoms with Gasteiger partial charge in [0.05, 0.1) is 26.6 Å². The molecule has 0 amide bonds. The first-order chi connectivity index (χ1) is 9.67. The summed E-state index contributed by atoms with van der Waals surface area (Å²) in [7, 11) is 1.78. The van der Waals surface area contributed by atoms with Crippen LogP contribution in [0.3, 0.4) is 0 Å². The summed E-state index contributed by atoms with van der Waals surface area (Å²) in [6, 6.07) is 4.85. The highest BCUT2D eigenvalue weighted by Crippen LogP contribution is 2.41. The first kappa shape index (κ1) is 14.9. The van der Waals surface area contributed by atoms with Crippen LogP contribution in [0.4, 0.5) is 10.1 Å². The van der Waals surface area contributed by atoms with E-state index in [0.717, 1.165) is 5.69 Å². The zero-order valence-electron chi connectivity index (χ0n) is 11.6. The smallest absolute Gasteiger partial charge is 0.129 e. The Bertz CT molecular complexity index is 483. The number of rotatable bonds is 6. The van der Waals surface area contributed by atoms with Gasteiger partial charge in [-0.2, -0.15) is 0 Å². The van der Waals surface area contributed by atoms with Crippen molar-refractivity contribution < 1.29 is 13.9 Å². The molecular weight excluding hydrogens is 261 g/mol. The molecule has 1 saturated heterocycles. The second-order valence-corrected chi connectivity index (χ2v) is 4.78. The van der Waals surface area contributed by atoms with Crippen LogP contribution >= 0.6 is 0 Å². The van der Waals surface area contributed by atoms with E-state index in [1.807, 2.05) is 0 Å². The molecule has 1 fully saturated rings. The van der Waals surface area contributed by atoms with Crippen molar-refractivity contribution in [2.45, 2.75) is 5.54 Å². The van der Waals surface area contributed by atoms with Gasteiger partial charge in [0.15, 0.2) is 0 Å². The first-order valence-electron chi connectivity index (χ1n) is 6.49. The van der Waals surface area contributed by atoms with Crippen molar-refractivity contribution in [3.8, 4) is 0 Å². The van der Waals surface area contributed by atoms with E-state index in [1.54, 1.807) is 19.2 Å². The molecule has 2 rings (SSSR count). The zero-order chi connectivity index (χ0) is 14.6. The molecule has 20 heavy (non-hydrogen) atoms. The Hall–Kier alpha value is -1.50. The standard InChI is InChI=1S/C14H20FN3O2/c1-17-11-3-4-13(15)12(5-11)14(18-2)8-19-6-10(14)7-20-9-16/h3-5,10,17H,2,6-9,16H2,1H3. The molecule has 2 unspecified atom stereocenters. The van der Waals surface area contributed by atoms with Crippen molar-refractivity contribution >= 4 is 12.4 Å². The van der Waals surface area contributed by atoms with Crippen LogP contribution in [0.5, 0.6) is 0 Å². The SMILES string of the molecule is C=NC1(c2cc(NC)ccc2F)COCC1COCN. The third-order valence-electron chi connectivity index (χ3n) is 3.76. The van der Waals surface area contributed by atoms with Gasteiger partial charge in [-0.3, -0.25) is 4.99 Å². The molecule has 1 aliphatic rings. The minimum absolute atomic E-state index is 0.106. The van der Waals surface area contributed by atoms with Crippen molar-refractivity contribution in [3.63, 3.8) is 0 Å². The normalized spacial score (nSPS) is 25.6. The molecule has 0 aliphatic carbocycles. The zero-order valence-corrected chi connectivity index (χ0v) is 11.6. The van der Waals surface area contributed by atoms with Gasteiger partial charge < -0.3 is 20.5 Å². The average molecular weight is 281 g/mol. The minimum Gasteiger partial charge on any atom is -0.388 e. The monoisotopic (exact) mass is 281 g/mol. The van der Waals surface area contributed by atoms with Crippen LogP contribution < -0.4 is 11.1 Å². The fraction of sp³-hybridized carbons (Fsp3) is 0.500. The van der Waals surface area contributed by atoms with Crippen molar-refractivity contribution in [1.82, 2.24) is 0 Å². The second-order valence-electron chi connectivity index (χ2n) is 4.78. The Morgan fingerprint density at radius 1 is 1.65 bits per heavy atom. The topological polar surface area (TPSA) is 68.9 Å². The van der Waals surface area contributed by atoms with Crippen LogP contribution in [-0.2, 0) is 15.0 Å². The first-order valence-corrected chi connectivity index (χ1v) is 6.49. The number of benzene rings is 1. The van der Waals surface area contributed by atoms with Gasteiger partial charge in [-0.15, -0.1) is 0 Å². The maximum absolute atomic E-state index is 14.2. The quantitative estimate of drug-likeness (QED) is 0.610. The van der Waals surface area contributed by atoms with E-state index in [4.69, 9.17) is 15.2 Å². The highest BCUT2D eigenvalue weighted by Gasteiger charge is 2.46. The largest absolute Gasteiger partial charge is 0.388 e. The molecule has 2 atom stereocenters. The van der Waals surface area contributed by atoms with Gasteiger partial charge in [0.2, 0.25) is 0 Å². The predicted molar refractivity (Wildman–Crippen MR) is 76.5 cm³/mol. The maximum Gasteiger partial charge on any atom is 0.129 e. The molecule has 0 spiro atoms. The molecule has 0 bridgehead atoms. The number of hydrogen-bond donors (Lipinski definition) is 2. The van der Waals surface area contributed by atoms with Crippen molar-refractivity contribution in [2.24, 2.45) is 16.6 Å². The summed E-state index contributed by atoms with van der Waals surface area (Å²) >= 11 is 0. The molecule has 6 heteroatoms. The molecule has 0 saturated carbocycles. The number of hydrogen-bond acceptors (Lipinski definition) is 5. The van der Waals surface area contributed by atoms with Gasteiger partial charge in [-0.1, -0.05) is 0 Å². The number of aliphatic imine (C=N–C) groups is 1. The molecule has 5 nitrogen and oxygen atoms in total. The van der Waals surface area contributed by atoms with Gasteiger partial charge in [0, 0.05) is 24.2 Å². The lowest BCUT2D eigenvalue weighted by Crippen LogP contribution is -2.36. The Morgan fingerprint density at radius 3 is 3.10 bits per heavy atom. The lowest BCUT2D eigenvalue weighted by Gasteiger charge is -2.30. The number of nitrogens with one attached hydrogen (secondary N) is 1. The number of nitrogens with two attached hydrogens (primary N) is 1.